The van der Waals surface area contributed by atoms with Crippen molar-refractivity contribution in [3.05, 3.63) is 328 Å². The molecule has 0 bridgehead atoms. The fourth-order valence-electron chi connectivity index (χ4n) is 15.4. The number of hydrogen-bond donors (Lipinski definition) is 0. The lowest BCUT2D eigenvalue weighted by atomic mass is 10.2. The molecule has 432 valence electrons. The third-order valence-corrected chi connectivity index (χ3v) is 30.8. The van der Waals surface area contributed by atoms with E-state index in [0.717, 1.165) is 131 Å². The van der Waals surface area contributed by atoms with Crippen LogP contribution >= 0.6 is 0 Å². The Morgan fingerprint density at radius 1 is 0.185 bits per heavy atom. The number of nitrogens with zero attached hydrogens (tertiary/aromatic N) is 10. The molecule has 0 N–H and O–H groups in total. The van der Waals surface area contributed by atoms with Crippen molar-refractivity contribution in [2.75, 3.05) is 8.46 Å². The lowest BCUT2D eigenvalue weighted by molar-refractivity contribution is 0.948. The minimum atomic E-state index is -3.96. The first-order valence-corrected chi connectivity index (χ1v) is 35.0. The lowest BCUT2D eigenvalue weighted by Crippen LogP contribution is -3.08. The van der Waals surface area contributed by atoms with Crippen molar-refractivity contribution in [3.8, 4) is 23.3 Å². The SMILES string of the molecule is c1ccc([Si]2(c3ccccc3)N(c3nc(-n4c5ccccc5c5ccccc54)cc(-n4c5ccccc5c5ccccc54)n3)[Si](c3ccccc3)(c3ccccc3)N2c2nc(-n3c4ccccc4c4ccccc43)cc(-n3c4ccccc4c4ccccc43)n2)cc1. The molecule has 1 saturated heterocycles. The van der Waals surface area contributed by atoms with Crippen molar-refractivity contribution in [1.29, 1.82) is 0 Å². The fraction of sp³-hybridized carbons (Fsp3) is 0. The molecule has 10 nitrogen and oxygen atoms in total. The van der Waals surface area contributed by atoms with Gasteiger partial charge in [0.25, 0.3) is 0 Å². The van der Waals surface area contributed by atoms with Crippen LogP contribution in [-0.4, -0.2) is 55.0 Å². The van der Waals surface area contributed by atoms with Crippen LogP contribution in [0.3, 0.4) is 0 Å². The maximum atomic E-state index is 6.20. The summed E-state index contributed by atoms with van der Waals surface area (Å²) in [5, 5.41) is 13.6. The first-order valence-electron chi connectivity index (χ1n) is 31.2. The predicted octanol–water partition coefficient (Wildman–Crippen LogP) is 15.5. The van der Waals surface area contributed by atoms with Crippen LogP contribution in [0.2, 0.25) is 0 Å². The molecule has 1 aliphatic rings. The molecule has 7 heterocycles. The van der Waals surface area contributed by atoms with E-state index in [1.807, 2.05) is 0 Å². The maximum Gasteiger partial charge on any atom is 0.323 e. The van der Waals surface area contributed by atoms with Gasteiger partial charge in [-0.25, -0.2) is 0 Å². The monoisotopic (exact) mass is 1210 g/mol. The molecule has 0 radical (unpaired) electrons. The third kappa shape index (κ3) is 7.29. The van der Waals surface area contributed by atoms with Gasteiger partial charge >= 0.3 is 16.8 Å². The zero-order chi connectivity index (χ0) is 60.5. The van der Waals surface area contributed by atoms with Gasteiger partial charge in [0.15, 0.2) is 0 Å². The number of rotatable bonds is 10. The molecule has 1 fully saturated rings. The molecule has 0 saturated carbocycles. The molecule has 12 aromatic carbocycles. The van der Waals surface area contributed by atoms with Gasteiger partial charge in [-0.05, 0) is 69.3 Å². The van der Waals surface area contributed by atoms with Gasteiger partial charge in [-0.3, -0.25) is 18.3 Å². The summed E-state index contributed by atoms with van der Waals surface area (Å²) in [5.41, 5.74) is 8.40. The predicted molar refractivity (Wildman–Crippen MR) is 382 cm³/mol. The molecule has 6 aromatic heterocycles. The Bertz CT molecular complexity index is 5010. The van der Waals surface area contributed by atoms with Crippen molar-refractivity contribution in [3.63, 3.8) is 0 Å². The zero-order valence-electron chi connectivity index (χ0n) is 49.6. The second-order valence-corrected chi connectivity index (χ2v) is 31.4. The summed E-state index contributed by atoms with van der Waals surface area (Å²) in [7, 11) is -7.91. The molecule has 1 aliphatic heterocycles. The lowest BCUT2D eigenvalue weighted by Gasteiger charge is -2.70. The summed E-state index contributed by atoms with van der Waals surface area (Å²) in [6, 6.07) is 119. The molecule has 12 heteroatoms. The summed E-state index contributed by atoms with van der Waals surface area (Å²) in [4.78, 5) is 24.8. The zero-order valence-corrected chi connectivity index (χ0v) is 51.6. The van der Waals surface area contributed by atoms with Crippen LogP contribution < -0.4 is 29.2 Å². The molecule has 18 aromatic rings. The number of para-hydroxylation sites is 8. The maximum absolute atomic E-state index is 6.20. The van der Waals surface area contributed by atoms with E-state index >= 15 is 0 Å². The summed E-state index contributed by atoms with van der Waals surface area (Å²) in [6.45, 7) is 0. The average molecular weight is 1210 g/mol. The van der Waals surface area contributed by atoms with Gasteiger partial charge in [-0.2, -0.15) is 19.9 Å². The first kappa shape index (κ1) is 52.0. The largest absolute Gasteiger partial charge is 0.346 e. The quantitative estimate of drug-likeness (QED) is 0.127. The van der Waals surface area contributed by atoms with Gasteiger partial charge in [0.1, 0.15) is 23.3 Å². The van der Waals surface area contributed by atoms with Crippen LogP contribution in [-0.2, 0) is 0 Å². The second-order valence-electron chi connectivity index (χ2n) is 23.7. The van der Waals surface area contributed by atoms with Crippen LogP contribution in [0, 0.1) is 0 Å². The number of anilines is 2. The molecule has 19 rings (SSSR count). The normalized spacial score (nSPS) is 13.8. The smallest absolute Gasteiger partial charge is 0.323 e. The van der Waals surface area contributed by atoms with Gasteiger partial charge < -0.3 is 8.46 Å². The Kier molecular flexibility index (Phi) is 11.5. The van der Waals surface area contributed by atoms with Crippen molar-refractivity contribution in [1.82, 2.24) is 38.2 Å². The van der Waals surface area contributed by atoms with Crippen LogP contribution in [0.25, 0.3) is 110 Å². The Morgan fingerprint density at radius 2 is 0.348 bits per heavy atom. The fourth-order valence-corrected chi connectivity index (χ4v) is 30.1. The van der Waals surface area contributed by atoms with E-state index in [4.69, 9.17) is 19.9 Å². The number of fused-ring (bicyclic) bond motifs is 12. The van der Waals surface area contributed by atoms with Gasteiger partial charge in [0.2, 0.25) is 11.9 Å². The van der Waals surface area contributed by atoms with Crippen molar-refractivity contribution in [2.24, 2.45) is 0 Å². The Labute approximate surface area is 531 Å². The highest BCUT2D eigenvalue weighted by Crippen LogP contribution is 2.47. The summed E-state index contributed by atoms with van der Waals surface area (Å²) in [6.07, 6.45) is 0. The summed E-state index contributed by atoms with van der Waals surface area (Å²) in [5.74, 6) is 4.17. The number of aromatic nitrogens is 8. The molecule has 0 spiro atoms. The van der Waals surface area contributed by atoms with Crippen LogP contribution in [0.1, 0.15) is 0 Å². The van der Waals surface area contributed by atoms with E-state index < -0.39 is 16.8 Å². The minimum absolute atomic E-state index is 0.595. The van der Waals surface area contributed by atoms with Gasteiger partial charge in [0, 0.05) is 55.2 Å². The van der Waals surface area contributed by atoms with Gasteiger partial charge in [-0.15, -0.1) is 0 Å². The third-order valence-electron chi connectivity index (χ3n) is 19.0. The average Bonchev–Trinajstić information content (AvgIpc) is 0.719. The molecular formula is C80H54N10Si2. The standard InChI is InChI=1S/C80H54N10Si2/c1-5-29-55(30-6-1)91(56-31-7-2-8-32-56)89(79-81-75(85-67-45-21-13-37-59(67)60-38-14-22-46-68(60)85)53-76(82-79)86-69-47-23-15-39-61(69)62-40-16-24-48-70(62)86)92(57-33-9-3-10-34-57,58-35-11-4-12-36-58)90(91)80-83-77(87-71-49-25-17-41-63(71)64-42-18-26-50-72(64)87)54-78(84-80)88-73-51-27-19-43-65(73)66-44-20-28-52-74(66)88/h1-54H. The highest BCUT2D eigenvalue weighted by atomic mass is 28.5. The molecule has 0 atom stereocenters. The second kappa shape index (κ2) is 20.3. The van der Waals surface area contributed by atoms with E-state index in [9.17, 15) is 0 Å². The van der Waals surface area contributed by atoms with Crippen molar-refractivity contribution in [2.45, 2.75) is 0 Å². The topological polar surface area (TPSA) is 77.8 Å². The van der Waals surface area contributed by atoms with E-state index in [1.54, 1.807) is 0 Å². The highest BCUT2D eigenvalue weighted by molar-refractivity contribution is 7.38. The van der Waals surface area contributed by atoms with E-state index in [2.05, 4.69) is 354 Å². The number of hydrogen-bond acceptors (Lipinski definition) is 6. The van der Waals surface area contributed by atoms with Crippen LogP contribution in [0.5, 0.6) is 0 Å². The summed E-state index contributed by atoms with van der Waals surface area (Å²) >= 11 is 0. The molecule has 0 amide bonds. The van der Waals surface area contributed by atoms with Gasteiger partial charge in [-0.1, -0.05) is 267 Å². The van der Waals surface area contributed by atoms with Crippen LogP contribution in [0.4, 0.5) is 11.9 Å². The van der Waals surface area contributed by atoms with E-state index in [0.29, 0.717) is 11.9 Å². The number of benzene rings is 12. The highest BCUT2D eigenvalue weighted by Gasteiger charge is 2.77. The Hall–Kier alpha value is -12.0. The van der Waals surface area contributed by atoms with Crippen molar-refractivity contribution >= 4 is 137 Å². The molecule has 0 aliphatic carbocycles. The van der Waals surface area contributed by atoms with Gasteiger partial charge in [0.05, 0.1) is 44.1 Å². The Balaban J connectivity index is 1.01. The first-order chi connectivity index (χ1) is 45.7. The van der Waals surface area contributed by atoms with Crippen molar-refractivity contribution < 1.29 is 0 Å². The molecule has 92 heavy (non-hydrogen) atoms. The Morgan fingerprint density at radius 3 is 0.533 bits per heavy atom. The molecular weight excluding hydrogens is 1160 g/mol. The van der Waals surface area contributed by atoms with E-state index in [1.165, 1.54) is 0 Å². The minimum Gasteiger partial charge on any atom is -0.346 e. The summed E-state index contributed by atoms with van der Waals surface area (Å²) < 4.78 is 14.9. The van der Waals surface area contributed by atoms with E-state index in [-0.39, 0.29) is 0 Å². The molecule has 0 unspecified atom stereocenters. The van der Waals surface area contributed by atoms with Crippen LogP contribution in [0.15, 0.2) is 328 Å².